The first-order valence-corrected chi connectivity index (χ1v) is 6.14. The summed E-state index contributed by atoms with van der Waals surface area (Å²) in [6.45, 7) is -1.69. The van der Waals surface area contributed by atoms with E-state index in [4.69, 9.17) is 5.73 Å². The molecule has 1 aromatic rings. The lowest BCUT2D eigenvalue weighted by Crippen LogP contribution is -2.42. The first-order valence-electron chi connectivity index (χ1n) is 6.14. The van der Waals surface area contributed by atoms with E-state index in [1.54, 1.807) is 0 Å². The summed E-state index contributed by atoms with van der Waals surface area (Å²) >= 11 is 0. The molecule has 20 heavy (non-hydrogen) atoms. The van der Waals surface area contributed by atoms with Crippen LogP contribution >= 0.6 is 0 Å². The number of carbonyl (C=O) groups excluding carboxylic acids is 1. The highest BCUT2D eigenvalue weighted by atomic mass is 19.3. The average Bonchev–Trinajstić information content (AvgIpc) is 3.16. The van der Waals surface area contributed by atoms with Crippen molar-refractivity contribution in [2.45, 2.75) is 18.3 Å². The van der Waals surface area contributed by atoms with Crippen molar-refractivity contribution in [2.75, 3.05) is 13.1 Å². The minimum absolute atomic E-state index is 0.233. The fourth-order valence-electron chi connectivity index (χ4n) is 2.05. The van der Waals surface area contributed by atoms with Gasteiger partial charge in [-0.15, -0.1) is 0 Å². The first-order chi connectivity index (χ1) is 9.34. The molecule has 7 heteroatoms. The van der Waals surface area contributed by atoms with E-state index < -0.39 is 42.5 Å². The number of rotatable bonds is 5. The summed E-state index contributed by atoms with van der Waals surface area (Å²) in [4.78, 5) is 11.6. The van der Waals surface area contributed by atoms with Crippen molar-refractivity contribution in [1.82, 2.24) is 5.32 Å². The van der Waals surface area contributed by atoms with Crippen molar-refractivity contribution in [3.8, 4) is 0 Å². The maximum absolute atomic E-state index is 13.5. The zero-order valence-electron chi connectivity index (χ0n) is 10.5. The van der Waals surface area contributed by atoms with Gasteiger partial charge in [0.05, 0.1) is 13.1 Å². The lowest BCUT2D eigenvalue weighted by Gasteiger charge is -2.14. The zero-order valence-corrected chi connectivity index (χ0v) is 10.5. The van der Waals surface area contributed by atoms with Gasteiger partial charge in [-0.2, -0.15) is 0 Å². The maximum atomic E-state index is 13.5. The molecule has 3 nitrogen and oxygen atoms in total. The number of hydrogen-bond acceptors (Lipinski definition) is 2. The standard InChI is InChI=1S/C13H14F4N2O/c14-7-1-2-8(11(15)3-7)9-4-10(9)12(20)19-6-13(16,17)5-18/h1-3,9-10H,4-6,18H2,(H,19,20). The molecule has 2 unspecified atom stereocenters. The van der Waals surface area contributed by atoms with Gasteiger partial charge in [-0.25, -0.2) is 17.6 Å². The van der Waals surface area contributed by atoms with Gasteiger partial charge in [0.2, 0.25) is 5.91 Å². The number of benzene rings is 1. The molecule has 0 bridgehead atoms. The largest absolute Gasteiger partial charge is 0.350 e. The molecule has 0 heterocycles. The monoisotopic (exact) mass is 290 g/mol. The van der Waals surface area contributed by atoms with Gasteiger partial charge >= 0.3 is 0 Å². The van der Waals surface area contributed by atoms with Crippen LogP contribution in [0.25, 0.3) is 0 Å². The average molecular weight is 290 g/mol. The van der Waals surface area contributed by atoms with E-state index >= 15 is 0 Å². The van der Waals surface area contributed by atoms with E-state index in [0.717, 1.165) is 12.1 Å². The third-order valence-corrected chi connectivity index (χ3v) is 3.31. The second-order valence-electron chi connectivity index (χ2n) is 4.89. The topological polar surface area (TPSA) is 55.1 Å². The molecule has 0 radical (unpaired) electrons. The Morgan fingerprint density at radius 1 is 1.40 bits per heavy atom. The second-order valence-corrected chi connectivity index (χ2v) is 4.89. The summed E-state index contributed by atoms with van der Waals surface area (Å²) in [5.41, 5.74) is 5.08. The Bertz CT molecular complexity index is 521. The van der Waals surface area contributed by atoms with Crippen molar-refractivity contribution < 1.29 is 22.4 Å². The van der Waals surface area contributed by atoms with Crippen molar-refractivity contribution in [1.29, 1.82) is 0 Å². The number of alkyl halides is 2. The van der Waals surface area contributed by atoms with Crippen LogP contribution in [0.15, 0.2) is 18.2 Å². The van der Waals surface area contributed by atoms with Gasteiger partial charge in [0.25, 0.3) is 5.92 Å². The molecule has 3 N–H and O–H groups in total. The van der Waals surface area contributed by atoms with Crippen molar-refractivity contribution in [2.24, 2.45) is 11.7 Å². The van der Waals surface area contributed by atoms with Gasteiger partial charge in [-0.3, -0.25) is 4.79 Å². The van der Waals surface area contributed by atoms with Crippen LogP contribution in [0.2, 0.25) is 0 Å². The van der Waals surface area contributed by atoms with Crippen LogP contribution in [-0.4, -0.2) is 24.9 Å². The third-order valence-electron chi connectivity index (χ3n) is 3.31. The van der Waals surface area contributed by atoms with E-state index in [9.17, 15) is 22.4 Å². The first kappa shape index (κ1) is 14.8. The molecule has 0 saturated heterocycles. The number of amides is 1. The van der Waals surface area contributed by atoms with Crippen LogP contribution < -0.4 is 11.1 Å². The highest BCUT2D eigenvalue weighted by Crippen LogP contribution is 2.48. The van der Waals surface area contributed by atoms with E-state index in [-0.39, 0.29) is 11.5 Å². The number of hydrogen-bond donors (Lipinski definition) is 2. The smallest absolute Gasteiger partial charge is 0.277 e. The van der Waals surface area contributed by atoms with Gasteiger partial charge in [0.15, 0.2) is 0 Å². The molecule has 0 aromatic heterocycles. The van der Waals surface area contributed by atoms with Gasteiger partial charge in [-0.1, -0.05) is 6.07 Å². The van der Waals surface area contributed by atoms with Crippen LogP contribution in [-0.2, 0) is 4.79 Å². The van der Waals surface area contributed by atoms with E-state index in [2.05, 4.69) is 5.32 Å². The quantitative estimate of drug-likeness (QED) is 0.812. The van der Waals surface area contributed by atoms with Crippen LogP contribution in [0.1, 0.15) is 17.9 Å². The summed E-state index contributed by atoms with van der Waals surface area (Å²) in [7, 11) is 0. The molecule has 1 aliphatic carbocycles. The minimum Gasteiger partial charge on any atom is -0.350 e. The molecule has 110 valence electrons. The third kappa shape index (κ3) is 3.27. The highest BCUT2D eigenvalue weighted by molar-refractivity contribution is 5.82. The Labute approximate surface area is 113 Å². The summed E-state index contributed by atoms with van der Waals surface area (Å²) in [6.07, 6.45) is 0.364. The lowest BCUT2D eigenvalue weighted by molar-refractivity contribution is -0.124. The molecular formula is C13H14F4N2O. The Kier molecular flexibility index (Phi) is 3.99. The molecule has 2 rings (SSSR count). The lowest BCUT2D eigenvalue weighted by atomic mass is 10.1. The molecule has 0 spiro atoms. The predicted octanol–water partition coefficient (Wildman–Crippen LogP) is 1.78. The van der Waals surface area contributed by atoms with Crippen molar-refractivity contribution >= 4 is 5.91 Å². The fraction of sp³-hybridized carbons (Fsp3) is 0.462. The number of nitrogens with one attached hydrogen (secondary N) is 1. The number of halogens is 4. The Morgan fingerprint density at radius 3 is 2.70 bits per heavy atom. The predicted molar refractivity (Wildman–Crippen MR) is 64.2 cm³/mol. The second kappa shape index (κ2) is 5.40. The van der Waals surface area contributed by atoms with Gasteiger partial charge < -0.3 is 11.1 Å². The SMILES string of the molecule is NCC(F)(F)CNC(=O)C1CC1c1ccc(F)cc1F. The van der Waals surface area contributed by atoms with Gasteiger partial charge in [-0.05, 0) is 24.0 Å². The molecule has 1 aromatic carbocycles. The zero-order chi connectivity index (χ0) is 14.9. The van der Waals surface area contributed by atoms with Gasteiger partial charge in [0.1, 0.15) is 11.6 Å². The van der Waals surface area contributed by atoms with E-state index in [1.165, 1.54) is 6.07 Å². The molecule has 2 atom stereocenters. The fourth-order valence-corrected chi connectivity index (χ4v) is 2.05. The summed E-state index contributed by atoms with van der Waals surface area (Å²) in [6, 6.07) is 3.12. The van der Waals surface area contributed by atoms with Gasteiger partial charge in [0, 0.05) is 12.0 Å². The molecule has 0 aliphatic heterocycles. The van der Waals surface area contributed by atoms with Crippen molar-refractivity contribution in [3.63, 3.8) is 0 Å². The van der Waals surface area contributed by atoms with E-state index in [1.807, 2.05) is 0 Å². The Hall–Kier alpha value is -1.63. The molecule has 1 amide bonds. The molecular weight excluding hydrogens is 276 g/mol. The minimum atomic E-state index is -3.15. The summed E-state index contributed by atoms with van der Waals surface area (Å²) in [5.74, 6) is -6.08. The Balaban J connectivity index is 1.93. The highest BCUT2D eigenvalue weighted by Gasteiger charge is 2.45. The summed E-state index contributed by atoms with van der Waals surface area (Å²) < 4.78 is 52.0. The van der Waals surface area contributed by atoms with Crippen LogP contribution in [0.4, 0.5) is 17.6 Å². The molecule has 1 saturated carbocycles. The number of carbonyl (C=O) groups is 1. The summed E-state index contributed by atoms with van der Waals surface area (Å²) in [5, 5.41) is 2.10. The van der Waals surface area contributed by atoms with Crippen molar-refractivity contribution in [3.05, 3.63) is 35.4 Å². The molecule has 1 aliphatic rings. The Morgan fingerprint density at radius 2 is 2.10 bits per heavy atom. The van der Waals surface area contributed by atoms with Crippen LogP contribution in [0.5, 0.6) is 0 Å². The maximum Gasteiger partial charge on any atom is 0.277 e. The normalized spacial score (nSPS) is 21.6. The van der Waals surface area contributed by atoms with Crippen LogP contribution in [0, 0.1) is 17.6 Å². The molecule has 1 fully saturated rings. The number of nitrogens with two attached hydrogens (primary N) is 1. The van der Waals surface area contributed by atoms with Crippen LogP contribution in [0.3, 0.4) is 0 Å². The van der Waals surface area contributed by atoms with E-state index in [0.29, 0.717) is 6.42 Å².